The Morgan fingerprint density at radius 1 is 1.13 bits per heavy atom. The zero-order chi connectivity index (χ0) is 15.4. The molecule has 4 heteroatoms. The maximum atomic E-state index is 12.8. The van der Waals surface area contributed by atoms with Crippen LogP contribution in [0.15, 0.2) is 28.7 Å². The van der Waals surface area contributed by atoms with E-state index in [1.165, 1.54) is 19.3 Å². The minimum atomic E-state index is -0.208. The van der Waals surface area contributed by atoms with Gasteiger partial charge in [-0.15, -0.1) is 0 Å². The van der Waals surface area contributed by atoms with Gasteiger partial charge >= 0.3 is 5.97 Å². The van der Waals surface area contributed by atoms with Crippen LogP contribution in [0.3, 0.4) is 0 Å². The lowest BCUT2D eigenvalue weighted by Gasteiger charge is -2.55. The Bertz CT molecular complexity index is 695. The highest BCUT2D eigenvalue weighted by molar-refractivity contribution is 5.77. The predicted molar refractivity (Wildman–Crippen MR) is 84.4 cm³/mol. The third kappa shape index (κ3) is 2.19. The van der Waals surface area contributed by atoms with E-state index in [1.807, 2.05) is 24.3 Å². The summed E-state index contributed by atoms with van der Waals surface area (Å²) in [6.45, 7) is 0.148. The number of carbonyl (C=O) groups excluding carboxylic acids is 1. The lowest BCUT2D eigenvalue weighted by atomic mass is 9.49. The molecule has 0 spiro atoms. The first kappa shape index (κ1) is 13.6. The second-order valence-electron chi connectivity index (χ2n) is 7.85. The van der Waals surface area contributed by atoms with Crippen molar-refractivity contribution >= 4 is 17.1 Å². The Labute approximate surface area is 135 Å². The fraction of sp³-hybridized carbons (Fsp3) is 0.579. The standard InChI is InChI=1S/C19H21NO3/c21-18(19-8-12-5-13(9-19)7-14(6-12)10-19)22-11-17-20-15-3-1-2-4-16(15)23-17/h1-4,12-14H,5-11H2. The van der Waals surface area contributed by atoms with Gasteiger partial charge in [0.05, 0.1) is 5.41 Å². The van der Waals surface area contributed by atoms with E-state index in [-0.39, 0.29) is 18.0 Å². The van der Waals surface area contributed by atoms with Crippen LogP contribution in [0.1, 0.15) is 44.4 Å². The normalized spacial score (nSPS) is 34.9. The van der Waals surface area contributed by atoms with Crippen molar-refractivity contribution in [3.05, 3.63) is 30.2 Å². The van der Waals surface area contributed by atoms with Gasteiger partial charge in [0, 0.05) is 0 Å². The summed E-state index contributed by atoms with van der Waals surface area (Å²) >= 11 is 0. The van der Waals surface area contributed by atoms with Crippen molar-refractivity contribution in [3.8, 4) is 0 Å². The molecule has 1 aromatic heterocycles. The molecule has 4 fully saturated rings. The topological polar surface area (TPSA) is 52.3 Å². The van der Waals surface area contributed by atoms with E-state index in [0.29, 0.717) is 5.89 Å². The minimum absolute atomic E-state index is 0.0149. The SMILES string of the molecule is O=C(OCc1nc2ccccc2o1)C12CC3CC(CC(C3)C1)C2. The molecule has 1 heterocycles. The van der Waals surface area contributed by atoms with Gasteiger partial charge in [0.25, 0.3) is 0 Å². The molecule has 0 atom stereocenters. The van der Waals surface area contributed by atoms with Crippen molar-refractivity contribution in [2.24, 2.45) is 23.2 Å². The molecule has 4 nitrogen and oxygen atoms in total. The van der Waals surface area contributed by atoms with E-state index in [1.54, 1.807) is 0 Å². The van der Waals surface area contributed by atoms with Crippen LogP contribution in [-0.4, -0.2) is 11.0 Å². The molecule has 4 bridgehead atoms. The molecular formula is C19H21NO3. The molecule has 23 heavy (non-hydrogen) atoms. The smallest absolute Gasteiger partial charge is 0.312 e. The van der Waals surface area contributed by atoms with Gasteiger partial charge in [-0.25, -0.2) is 4.98 Å². The number of fused-ring (bicyclic) bond motifs is 1. The molecule has 120 valence electrons. The third-order valence-electron chi connectivity index (χ3n) is 6.14. The second-order valence-corrected chi connectivity index (χ2v) is 7.85. The van der Waals surface area contributed by atoms with Crippen LogP contribution in [0.2, 0.25) is 0 Å². The van der Waals surface area contributed by atoms with E-state index in [9.17, 15) is 4.79 Å². The zero-order valence-electron chi connectivity index (χ0n) is 13.2. The van der Waals surface area contributed by atoms with Gasteiger partial charge < -0.3 is 9.15 Å². The van der Waals surface area contributed by atoms with Gasteiger partial charge in [0.2, 0.25) is 5.89 Å². The van der Waals surface area contributed by atoms with Crippen molar-refractivity contribution in [1.82, 2.24) is 4.98 Å². The lowest BCUT2D eigenvalue weighted by Crippen LogP contribution is -2.50. The fourth-order valence-electron chi connectivity index (χ4n) is 5.62. The zero-order valence-corrected chi connectivity index (χ0v) is 13.2. The largest absolute Gasteiger partial charge is 0.455 e. The predicted octanol–water partition coefficient (Wildman–Crippen LogP) is 4.09. The molecule has 0 saturated heterocycles. The average Bonchev–Trinajstić information content (AvgIpc) is 2.94. The number of hydrogen-bond acceptors (Lipinski definition) is 4. The molecule has 1 aromatic carbocycles. The monoisotopic (exact) mass is 311 g/mol. The molecule has 2 aromatic rings. The van der Waals surface area contributed by atoms with Gasteiger partial charge in [-0.3, -0.25) is 4.79 Å². The van der Waals surface area contributed by atoms with Crippen molar-refractivity contribution < 1.29 is 13.9 Å². The molecule has 4 saturated carbocycles. The van der Waals surface area contributed by atoms with Crippen LogP contribution in [0.5, 0.6) is 0 Å². The summed E-state index contributed by atoms with van der Waals surface area (Å²) in [6.07, 6.45) is 7.09. The first-order chi connectivity index (χ1) is 11.2. The van der Waals surface area contributed by atoms with Crippen molar-refractivity contribution in [2.45, 2.75) is 45.1 Å². The van der Waals surface area contributed by atoms with Gasteiger partial charge in [0.15, 0.2) is 12.2 Å². The summed E-state index contributed by atoms with van der Waals surface area (Å²) in [7, 11) is 0. The van der Waals surface area contributed by atoms with Crippen LogP contribution in [0, 0.1) is 23.2 Å². The summed E-state index contributed by atoms with van der Waals surface area (Å²) in [5.41, 5.74) is 1.35. The quantitative estimate of drug-likeness (QED) is 0.801. The molecule has 4 aliphatic carbocycles. The van der Waals surface area contributed by atoms with Crippen LogP contribution >= 0.6 is 0 Å². The number of rotatable bonds is 3. The maximum Gasteiger partial charge on any atom is 0.312 e. The molecular weight excluding hydrogens is 290 g/mol. The van der Waals surface area contributed by atoms with Gasteiger partial charge in [-0.05, 0) is 68.4 Å². The van der Waals surface area contributed by atoms with E-state index in [2.05, 4.69) is 4.98 Å². The first-order valence-electron chi connectivity index (χ1n) is 8.72. The number of esters is 1. The Balaban J connectivity index is 1.31. The number of para-hydroxylation sites is 2. The number of ether oxygens (including phenoxy) is 1. The van der Waals surface area contributed by atoms with Crippen LogP contribution in [0.4, 0.5) is 0 Å². The number of nitrogens with zero attached hydrogens (tertiary/aromatic N) is 1. The van der Waals surface area contributed by atoms with E-state index in [4.69, 9.17) is 9.15 Å². The highest BCUT2D eigenvalue weighted by atomic mass is 16.5. The van der Waals surface area contributed by atoms with Gasteiger partial charge in [-0.2, -0.15) is 0 Å². The Morgan fingerprint density at radius 3 is 2.43 bits per heavy atom. The van der Waals surface area contributed by atoms with Crippen LogP contribution < -0.4 is 0 Å². The maximum absolute atomic E-state index is 12.8. The highest BCUT2D eigenvalue weighted by Gasteiger charge is 2.55. The second kappa shape index (κ2) is 4.83. The molecule has 0 radical (unpaired) electrons. The summed E-state index contributed by atoms with van der Waals surface area (Å²) in [5.74, 6) is 2.72. The van der Waals surface area contributed by atoms with Crippen molar-refractivity contribution in [2.75, 3.05) is 0 Å². The van der Waals surface area contributed by atoms with E-state index >= 15 is 0 Å². The summed E-state index contributed by atoms with van der Waals surface area (Å²) < 4.78 is 11.3. The molecule has 4 aliphatic rings. The number of benzene rings is 1. The minimum Gasteiger partial charge on any atom is -0.455 e. The third-order valence-corrected chi connectivity index (χ3v) is 6.14. The summed E-state index contributed by atoms with van der Waals surface area (Å²) in [4.78, 5) is 17.2. The summed E-state index contributed by atoms with van der Waals surface area (Å²) in [5, 5.41) is 0. The average molecular weight is 311 g/mol. The Morgan fingerprint density at radius 2 is 1.78 bits per heavy atom. The van der Waals surface area contributed by atoms with E-state index < -0.39 is 0 Å². The number of oxazole rings is 1. The number of carbonyl (C=O) groups is 1. The molecule has 0 amide bonds. The Hall–Kier alpha value is -1.84. The molecule has 0 unspecified atom stereocenters. The van der Waals surface area contributed by atoms with E-state index in [0.717, 1.165) is 48.1 Å². The molecule has 6 rings (SSSR count). The van der Waals surface area contributed by atoms with Crippen molar-refractivity contribution in [3.63, 3.8) is 0 Å². The molecule has 0 aliphatic heterocycles. The Kier molecular flexibility index (Phi) is 2.85. The highest BCUT2D eigenvalue weighted by Crippen LogP contribution is 2.60. The van der Waals surface area contributed by atoms with Crippen LogP contribution in [0.25, 0.3) is 11.1 Å². The first-order valence-corrected chi connectivity index (χ1v) is 8.72. The molecule has 0 N–H and O–H groups in total. The van der Waals surface area contributed by atoms with Gasteiger partial charge in [0.1, 0.15) is 5.52 Å². The van der Waals surface area contributed by atoms with Crippen LogP contribution in [-0.2, 0) is 16.1 Å². The van der Waals surface area contributed by atoms with Crippen molar-refractivity contribution in [1.29, 1.82) is 0 Å². The lowest BCUT2D eigenvalue weighted by molar-refractivity contribution is -0.173. The number of aromatic nitrogens is 1. The summed E-state index contributed by atoms with van der Waals surface area (Å²) in [6, 6.07) is 7.63. The fourth-order valence-corrected chi connectivity index (χ4v) is 5.62. The number of hydrogen-bond donors (Lipinski definition) is 0. The van der Waals surface area contributed by atoms with Gasteiger partial charge in [-0.1, -0.05) is 12.1 Å².